The zero-order chi connectivity index (χ0) is 14.8. The molecule has 0 atom stereocenters. The third-order valence-corrected chi connectivity index (χ3v) is 3.26. The van der Waals surface area contributed by atoms with E-state index < -0.39 is 0 Å². The fourth-order valence-corrected chi connectivity index (χ4v) is 2.24. The first-order valence-electron chi connectivity index (χ1n) is 6.64. The number of benzene rings is 2. The number of hydrogen-bond donors (Lipinski definition) is 1. The number of anilines is 1. The minimum atomic E-state index is -0.384. The minimum absolute atomic E-state index is 0.143. The number of aryl methyl sites for hydroxylation is 1. The fraction of sp³-hybridized carbons (Fsp3) is 0.0588. The number of hydrogen-bond acceptors (Lipinski definition) is 2. The van der Waals surface area contributed by atoms with Gasteiger partial charge in [-0.3, -0.25) is 15.0 Å². The molecule has 21 heavy (non-hydrogen) atoms. The predicted octanol–water partition coefficient (Wildman–Crippen LogP) is 2.46. The lowest BCUT2D eigenvalue weighted by Gasteiger charge is -2.13. The SMILES string of the molecule is Cc1cccc(/C=C2\C(=O)NN(c3ccccc3)C2=O)c1. The quantitative estimate of drug-likeness (QED) is 0.677. The van der Waals surface area contributed by atoms with Crippen molar-refractivity contribution in [3.05, 3.63) is 71.3 Å². The van der Waals surface area contributed by atoms with E-state index in [0.29, 0.717) is 5.69 Å². The molecule has 2 amide bonds. The summed E-state index contributed by atoms with van der Waals surface area (Å²) < 4.78 is 0. The molecule has 1 aliphatic heterocycles. The van der Waals surface area contributed by atoms with Crippen LogP contribution in [0.15, 0.2) is 60.2 Å². The Hall–Kier alpha value is -2.88. The molecule has 4 heteroatoms. The molecular weight excluding hydrogens is 264 g/mol. The number of hydrazine groups is 1. The predicted molar refractivity (Wildman–Crippen MR) is 81.2 cm³/mol. The molecule has 2 aromatic rings. The summed E-state index contributed by atoms with van der Waals surface area (Å²) in [7, 11) is 0. The molecule has 3 rings (SSSR count). The van der Waals surface area contributed by atoms with Gasteiger partial charge in [0.1, 0.15) is 5.57 Å². The molecule has 1 fully saturated rings. The highest BCUT2D eigenvalue weighted by atomic mass is 16.2. The van der Waals surface area contributed by atoms with Crippen LogP contribution < -0.4 is 10.4 Å². The van der Waals surface area contributed by atoms with E-state index in [9.17, 15) is 9.59 Å². The number of amides is 2. The van der Waals surface area contributed by atoms with Gasteiger partial charge in [-0.25, -0.2) is 5.01 Å². The second-order valence-corrected chi connectivity index (χ2v) is 4.89. The largest absolute Gasteiger partial charge is 0.282 e. The van der Waals surface area contributed by atoms with E-state index in [1.54, 1.807) is 18.2 Å². The summed E-state index contributed by atoms with van der Waals surface area (Å²) in [6, 6.07) is 16.7. The molecule has 1 aliphatic rings. The maximum atomic E-state index is 12.4. The van der Waals surface area contributed by atoms with Gasteiger partial charge in [0.25, 0.3) is 11.8 Å². The van der Waals surface area contributed by atoms with Crippen LogP contribution in [0.4, 0.5) is 5.69 Å². The number of nitrogens with zero attached hydrogens (tertiary/aromatic N) is 1. The van der Waals surface area contributed by atoms with Crippen LogP contribution >= 0.6 is 0 Å². The van der Waals surface area contributed by atoms with Crippen molar-refractivity contribution in [2.24, 2.45) is 0 Å². The number of carbonyl (C=O) groups is 2. The van der Waals surface area contributed by atoms with Gasteiger partial charge < -0.3 is 0 Å². The highest BCUT2D eigenvalue weighted by molar-refractivity contribution is 6.31. The highest BCUT2D eigenvalue weighted by Crippen LogP contribution is 2.21. The second kappa shape index (κ2) is 5.25. The Morgan fingerprint density at radius 2 is 1.76 bits per heavy atom. The van der Waals surface area contributed by atoms with Crippen LogP contribution in [0.2, 0.25) is 0 Å². The van der Waals surface area contributed by atoms with Gasteiger partial charge in [-0.15, -0.1) is 0 Å². The number of para-hydroxylation sites is 1. The van der Waals surface area contributed by atoms with E-state index in [1.165, 1.54) is 5.01 Å². The first-order valence-corrected chi connectivity index (χ1v) is 6.64. The summed E-state index contributed by atoms with van der Waals surface area (Å²) in [4.78, 5) is 24.4. The molecule has 0 unspecified atom stereocenters. The Balaban J connectivity index is 1.94. The normalized spacial score (nSPS) is 16.4. The molecule has 0 saturated carbocycles. The van der Waals surface area contributed by atoms with Crippen LogP contribution in [0.1, 0.15) is 11.1 Å². The van der Waals surface area contributed by atoms with Gasteiger partial charge in [0.2, 0.25) is 0 Å². The second-order valence-electron chi connectivity index (χ2n) is 4.89. The van der Waals surface area contributed by atoms with Gasteiger partial charge in [0.15, 0.2) is 0 Å². The van der Waals surface area contributed by atoms with Crippen molar-refractivity contribution in [1.82, 2.24) is 5.43 Å². The highest BCUT2D eigenvalue weighted by Gasteiger charge is 2.34. The summed E-state index contributed by atoms with van der Waals surface area (Å²) in [5.41, 5.74) is 5.28. The van der Waals surface area contributed by atoms with Crippen molar-refractivity contribution >= 4 is 23.6 Å². The first kappa shape index (κ1) is 13.1. The van der Waals surface area contributed by atoms with E-state index in [0.717, 1.165) is 11.1 Å². The lowest BCUT2D eigenvalue weighted by molar-refractivity contribution is -0.117. The molecule has 4 nitrogen and oxygen atoms in total. The van der Waals surface area contributed by atoms with Gasteiger partial charge in [0.05, 0.1) is 5.69 Å². The van der Waals surface area contributed by atoms with E-state index in [-0.39, 0.29) is 17.4 Å². The fourth-order valence-electron chi connectivity index (χ4n) is 2.24. The zero-order valence-corrected chi connectivity index (χ0v) is 11.5. The molecule has 0 aromatic heterocycles. The maximum Gasteiger partial charge on any atom is 0.282 e. The van der Waals surface area contributed by atoms with Crippen LogP contribution in [0.25, 0.3) is 6.08 Å². The average molecular weight is 278 g/mol. The van der Waals surface area contributed by atoms with Crippen molar-refractivity contribution in [1.29, 1.82) is 0 Å². The van der Waals surface area contributed by atoms with Crippen molar-refractivity contribution in [2.75, 3.05) is 5.01 Å². The van der Waals surface area contributed by atoms with Crippen molar-refractivity contribution in [2.45, 2.75) is 6.92 Å². The average Bonchev–Trinajstić information content (AvgIpc) is 2.76. The Morgan fingerprint density at radius 3 is 2.48 bits per heavy atom. The standard InChI is InChI=1S/C17H14N2O2/c1-12-6-5-7-13(10-12)11-15-16(20)18-19(17(15)21)14-8-3-2-4-9-14/h2-11H,1H3,(H,18,20)/b15-11+. The molecule has 0 radical (unpaired) electrons. The van der Waals surface area contributed by atoms with Crippen molar-refractivity contribution < 1.29 is 9.59 Å². The molecule has 1 saturated heterocycles. The number of carbonyl (C=O) groups excluding carboxylic acids is 2. The summed E-state index contributed by atoms with van der Waals surface area (Å²) in [6.07, 6.45) is 1.62. The van der Waals surface area contributed by atoms with Crippen LogP contribution in [-0.2, 0) is 9.59 Å². The molecule has 2 aromatic carbocycles. The molecule has 104 valence electrons. The summed E-state index contributed by atoms with van der Waals surface area (Å²) in [5.74, 6) is -0.724. The van der Waals surface area contributed by atoms with Gasteiger partial charge in [-0.2, -0.15) is 0 Å². The first-order chi connectivity index (χ1) is 10.1. The van der Waals surface area contributed by atoms with Gasteiger partial charge in [-0.05, 0) is 30.7 Å². The van der Waals surface area contributed by atoms with Crippen LogP contribution in [0.3, 0.4) is 0 Å². The lowest BCUT2D eigenvalue weighted by atomic mass is 10.1. The molecule has 0 aliphatic carbocycles. The molecule has 1 heterocycles. The van der Waals surface area contributed by atoms with Crippen LogP contribution in [-0.4, -0.2) is 11.8 Å². The van der Waals surface area contributed by atoms with E-state index in [4.69, 9.17) is 0 Å². The van der Waals surface area contributed by atoms with E-state index in [1.807, 2.05) is 49.4 Å². The minimum Gasteiger partial charge on any atom is -0.267 e. The third kappa shape index (κ3) is 2.56. The van der Waals surface area contributed by atoms with E-state index in [2.05, 4.69) is 5.43 Å². The van der Waals surface area contributed by atoms with Crippen LogP contribution in [0, 0.1) is 6.92 Å². The van der Waals surface area contributed by atoms with Crippen molar-refractivity contribution in [3.63, 3.8) is 0 Å². The van der Waals surface area contributed by atoms with Crippen LogP contribution in [0.5, 0.6) is 0 Å². The zero-order valence-electron chi connectivity index (χ0n) is 11.5. The summed E-state index contributed by atoms with van der Waals surface area (Å²) in [6.45, 7) is 1.97. The smallest absolute Gasteiger partial charge is 0.267 e. The van der Waals surface area contributed by atoms with Gasteiger partial charge in [0, 0.05) is 0 Å². The number of rotatable bonds is 2. The maximum absolute atomic E-state index is 12.4. The van der Waals surface area contributed by atoms with Crippen molar-refractivity contribution in [3.8, 4) is 0 Å². The Morgan fingerprint density at radius 1 is 1.00 bits per heavy atom. The van der Waals surface area contributed by atoms with Gasteiger partial charge >= 0.3 is 0 Å². The summed E-state index contributed by atoms with van der Waals surface area (Å²) in [5, 5.41) is 1.27. The Kier molecular flexibility index (Phi) is 3.28. The Bertz CT molecular complexity index is 735. The van der Waals surface area contributed by atoms with E-state index >= 15 is 0 Å². The van der Waals surface area contributed by atoms with Gasteiger partial charge in [-0.1, -0.05) is 48.0 Å². The lowest BCUT2D eigenvalue weighted by Crippen LogP contribution is -2.35. The number of nitrogens with one attached hydrogen (secondary N) is 1. The molecular formula is C17H14N2O2. The molecule has 0 bridgehead atoms. The molecule has 0 spiro atoms. The Labute approximate surface area is 122 Å². The molecule has 1 N–H and O–H groups in total. The monoisotopic (exact) mass is 278 g/mol. The topological polar surface area (TPSA) is 49.4 Å². The third-order valence-electron chi connectivity index (χ3n) is 3.26. The summed E-state index contributed by atoms with van der Waals surface area (Å²) >= 11 is 0.